The van der Waals surface area contributed by atoms with E-state index in [2.05, 4.69) is 15.6 Å². The van der Waals surface area contributed by atoms with Crippen LogP contribution in [0.3, 0.4) is 0 Å². The number of carboxylic acids is 2. The Morgan fingerprint density at radius 3 is 2.43 bits per heavy atom. The van der Waals surface area contributed by atoms with Crippen LogP contribution in [0, 0.1) is 5.41 Å². The third-order valence-electron chi connectivity index (χ3n) is 9.03. The van der Waals surface area contributed by atoms with Crippen LogP contribution in [0.5, 0.6) is 11.5 Å². The van der Waals surface area contributed by atoms with Crippen molar-refractivity contribution in [3.8, 4) is 11.5 Å². The number of aromatic amines is 1. The molecule has 0 saturated heterocycles. The Labute approximate surface area is 278 Å². The smallest absolute Gasteiger partial charge is 0.333 e. The highest BCUT2D eigenvalue weighted by Crippen LogP contribution is 2.52. The Bertz CT molecular complexity index is 1800. The molecule has 3 aromatic carbocycles. The number of carboxylic acid groups (broad SMARTS) is 2. The van der Waals surface area contributed by atoms with E-state index in [4.69, 9.17) is 21.1 Å². The largest absolute Gasteiger partial charge is 0.491 e. The number of H-pyrrole nitrogens is 1. The van der Waals surface area contributed by atoms with E-state index in [1.54, 1.807) is 44.2 Å². The average molecular weight is 664 g/mol. The van der Waals surface area contributed by atoms with Gasteiger partial charge in [0.25, 0.3) is 0 Å². The maximum absolute atomic E-state index is 13.2. The first-order chi connectivity index (χ1) is 22.5. The Morgan fingerprint density at radius 1 is 1.02 bits per heavy atom. The molecule has 0 aliphatic carbocycles. The Balaban J connectivity index is 1.41. The molecule has 250 valence electrons. The molecule has 1 aliphatic rings. The van der Waals surface area contributed by atoms with E-state index in [1.807, 2.05) is 44.2 Å². The number of allylic oxidation sites excluding steroid dienone is 1. The maximum atomic E-state index is 13.2. The maximum Gasteiger partial charge on any atom is 0.333 e. The number of rotatable bonds is 14. The number of hydrogen-bond acceptors (Lipinski definition) is 7. The minimum Gasteiger partial charge on any atom is -0.491 e. The van der Waals surface area contributed by atoms with E-state index >= 15 is 0 Å². The lowest BCUT2D eigenvalue weighted by atomic mass is 9.60. The number of carbonyl (C=O) groups is 2. The molecule has 10 nitrogen and oxygen atoms in total. The molecule has 4 aromatic rings. The fourth-order valence-electron chi connectivity index (χ4n) is 6.76. The summed E-state index contributed by atoms with van der Waals surface area (Å²) in [6.45, 7) is 8.13. The molecule has 1 aromatic heterocycles. The van der Waals surface area contributed by atoms with Crippen molar-refractivity contribution < 1.29 is 34.4 Å². The molecular weight excluding hydrogens is 622 g/mol. The Hall–Kier alpha value is -4.25. The number of halogens is 1. The quantitative estimate of drug-likeness (QED) is 0.0882. The summed E-state index contributed by atoms with van der Waals surface area (Å²) in [5, 5.41) is 39.9. The summed E-state index contributed by atoms with van der Waals surface area (Å²) < 4.78 is 12.4. The normalized spacial score (nSPS) is 20.4. The predicted molar refractivity (Wildman–Crippen MR) is 182 cm³/mol. The summed E-state index contributed by atoms with van der Waals surface area (Å²) in [6.07, 6.45) is -0.252. The second-order valence-corrected chi connectivity index (χ2v) is 12.9. The number of aromatic nitrogens is 1. The molecular formula is C36H42ClN3O7. The Kier molecular flexibility index (Phi) is 10.3. The van der Waals surface area contributed by atoms with Crippen molar-refractivity contribution >= 4 is 45.3 Å². The number of aliphatic hydroxyl groups excluding tert-OH is 1. The van der Waals surface area contributed by atoms with Crippen molar-refractivity contribution in [1.82, 2.24) is 15.6 Å². The van der Waals surface area contributed by atoms with E-state index < -0.39 is 35.4 Å². The predicted octanol–water partition coefficient (Wildman–Crippen LogP) is 6.08. The summed E-state index contributed by atoms with van der Waals surface area (Å²) >= 11 is 6.58. The van der Waals surface area contributed by atoms with Gasteiger partial charge in [0, 0.05) is 46.2 Å². The summed E-state index contributed by atoms with van der Waals surface area (Å²) in [5.41, 5.74) is 0.947. The zero-order valence-corrected chi connectivity index (χ0v) is 27.7. The topological polar surface area (TPSA) is 153 Å². The van der Waals surface area contributed by atoms with Crippen LogP contribution < -0.4 is 20.1 Å². The van der Waals surface area contributed by atoms with Gasteiger partial charge < -0.3 is 40.4 Å². The summed E-state index contributed by atoms with van der Waals surface area (Å²) in [4.78, 5) is 29.2. The van der Waals surface area contributed by atoms with Gasteiger partial charge in [0.05, 0.1) is 28.5 Å². The van der Waals surface area contributed by atoms with Gasteiger partial charge in [-0.15, -0.1) is 0 Å². The van der Waals surface area contributed by atoms with Crippen LogP contribution in [0.25, 0.3) is 21.8 Å². The fourth-order valence-corrected chi connectivity index (χ4v) is 7.01. The van der Waals surface area contributed by atoms with Crippen LogP contribution in [0.15, 0.2) is 71.9 Å². The van der Waals surface area contributed by atoms with Gasteiger partial charge in [-0.05, 0) is 56.5 Å². The molecule has 1 aliphatic heterocycles. The number of aliphatic carboxylic acids is 2. The zero-order valence-electron chi connectivity index (χ0n) is 27.0. The van der Waals surface area contributed by atoms with Gasteiger partial charge in [0.15, 0.2) is 0 Å². The SMILES string of the molecule is CC1=C(C(=O)O)C(c2ccccc2Cl)C(CCCOc2ccc(OCC(O)CNC(C)C)c3c2[nH]c2ccccc23)(C(=O)O)C(C)N1. The van der Waals surface area contributed by atoms with Gasteiger partial charge in [-0.3, -0.25) is 4.79 Å². The van der Waals surface area contributed by atoms with Crippen molar-refractivity contribution in [1.29, 1.82) is 0 Å². The fraction of sp³-hybridized carbons (Fsp3) is 0.389. The van der Waals surface area contributed by atoms with E-state index in [0.717, 1.165) is 21.8 Å². The summed E-state index contributed by atoms with van der Waals surface area (Å²) in [7, 11) is 0. The molecule has 0 radical (unpaired) electrons. The molecule has 0 spiro atoms. The molecule has 4 atom stereocenters. The van der Waals surface area contributed by atoms with Crippen molar-refractivity contribution in [2.24, 2.45) is 5.41 Å². The molecule has 47 heavy (non-hydrogen) atoms. The van der Waals surface area contributed by atoms with Crippen molar-refractivity contribution in [2.75, 3.05) is 19.8 Å². The third-order valence-corrected chi connectivity index (χ3v) is 9.37. The summed E-state index contributed by atoms with van der Waals surface area (Å²) in [5.74, 6) is -2.13. The van der Waals surface area contributed by atoms with Gasteiger partial charge in [-0.25, -0.2) is 4.79 Å². The highest BCUT2D eigenvalue weighted by molar-refractivity contribution is 6.31. The van der Waals surface area contributed by atoms with E-state index in [1.165, 1.54) is 0 Å². The number of hydrogen-bond donors (Lipinski definition) is 6. The van der Waals surface area contributed by atoms with Crippen LogP contribution in [0.2, 0.25) is 5.02 Å². The molecule has 0 fully saturated rings. The van der Waals surface area contributed by atoms with Gasteiger partial charge in [-0.1, -0.05) is 61.8 Å². The molecule has 11 heteroatoms. The number of fused-ring (bicyclic) bond motifs is 3. The highest BCUT2D eigenvalue weighted by Gasteiger charge is 2.56. The molecule has 0 bridgehead atoms. The second-order valence-electron chi connectivity index (χ2n) is 12.5. The number of aliphatic hydroxyl groups is 1. The van der Waals surface area contributed by atoms with Crippen LogP contribution in [-0.4, -0.2) is 70.2 Å². The first kappa shape index (κ1) is 34.1. The first-order valence-electron chi connectivity index (χ1n) is 15.8. The average Bonchev–Trinajstić information content (AvgIpc) is 3.42. The van der Waals surface area contributed by atoms with E-state index in [9.17, 15) is 24.9 Å². The Morgan fingerprint density at radius 2 is 1.72 bits per heavy atom. The van der Waals surface area contributed by atoms with Crippen LogP contribution in [0.4, 0.5) is 0 Å². The number of para-hydroxylation sites is 1. The van der Waals surface area contributed by atoms with Gasteiger partial charge in [-0.2, -0.15) is 0 Å². The second kappa shape index (κ2) is 14.3. The molecule has 0 amide bonds. The lowest BCUT2D eigenvalue weighted by Gasteiger charge is -2.47. The van der Waals surface area contributed by atoms with Crippen LogP contribution in [-0.2, 0) is 9.59 Å². The van der Waals surface area contributed by atoms with Gasteiger partial charge >= 0.3 is 11.9 Å². The monoisotopic (exact) mass is 663 g/mol. The lowest BCUT2D eigenvalue weighted by molar-refractivity contribution is -0.153. The van der Waals surface area contributed by atoms with Gasteiger partial charge in [0.1, 0.15) is 24.2 Å². The van der Waals surface area contributed by atoms with Gasteiger partial charge in [0.2, 0.25) is 0 Å². The van der Waals surface area contributed by atoms with E-state index in [0.29, 0.717) is 40.7 Å². The van der Waals surface area contributed by atoms with Crippen molar-refractivity contribution in [3.05, 3.63) is 82.5 Å². The summed E-state index contributed by atoms with van der Waals surface area (Å²) in [6, 6.07) is 17.9. The highest BCUT2D eigenvalue weighted by atomic mass is 35.5. The molecule has 5 rings (SSSR count). The lowest BCUT2D eigenvalue weighted by Crippen LogP contribution is -2.56. The van der Waals surface area contributed by atoms with Crippen molar-refractivity contribution in [2.45, 2.75) is 64.6 Å². The number of nitrogens with one attached hydrogen (secondary N) is 3. The number of ether oxygens (including phenoxy) is 2. The van der Waals surface area contributed by atoms with E-state index in [-0.39, 0.29) is 31.2 Å². The van der Waals surface area contributed by atoms with Crippen molar-refractivity contribution in [3.63, 3.8) is 0 Å². The minimum absolute atomic E-state index is 0.0139. The van der Waals surface area contributed by atoms with Crippen LogP contribution in [0.1, 0.15) is 52.0 Å². The van der Waals surface area contributed by atoms with Crippen LogP contribution >= 0.6 is 11.6 Å². The minimum atomic E-state index is -1.53. The molecule has 4 unspecified atom stereocenters. The number of benzene rings is 3. The molecule has 2 heterocycles. The standard InChI is InChI=1S/C36H42ClN3O7/c1-20(2)38-18-23(41)19-47-28-14-15-29(33-31(28)25-11-6-8-13-27(25)40-33)46-17-9-16-36(35(44)45)22(4)39-21(3)30(34(42)43)32(36)24-10-5-7-12-26(24)37/h5-8,10-15,20,22-23,32,38-41H,9,16-19H2,1-4H3,(H,42,43)(H,44,45). The third kappa shape index (κ3) is 6.76. The first-order valence-corrected chi connectivity index (χ1v) is 16.2. The zero-order chi connectivity index (χ0) is 33.9. The molecule has 0 saturated carbocycles. The molecule has 6 N–H and O–H groups in total.